The number of benzene rings is 2. The van der Waals surface area contributed by atoms with Gasteiger partial charge in [0.25, 0.3) is 0 Å². The molecule has 8 heteroatoms. The SMILES string of the molecule is CCOC(=O)C1(C(=O)OCC)[C@H](S(=O)(=O)c2ccc(C)cc2)[C@@H]1c1cccc(F)c1. The number of rotatable bonds is 7. The van der Waals surface area contributed by atoms with E-state index >= 15 is 0 Å². The lowest BCUT2D eigenvalue weighted by Crippen LogP contribution is -2.35. The molecule has 0 aliphatic heterocycles. The van der Waals surface area contributed by atoms with E-state index in [0.717, 1.165) is 11.6 Å². The van der Waals surface area contributed by atoms with E-state index in [0.29, 0.717) is 0 Å². The first-order valence-corrected chi connectivity index (χ1v) is 11.2. The molecule has 1 aliphatic rings. The van der Waals surface area contributed by atoms with Crippen molar-refractivity contribution in [3.8, 4) is 0 Å². The van der Waals surface area contributed by atoms with Gasteiger partial charge in [0.05, 0.1) is 18.1 Å². The second-order valence-electron chi connectivity index (χ2n) is 7.12. The topological polar surface area (TPSA) is 86.7 Å². The molecule has 0 aromatic heterocycles. The van der Waals surface area contributed by atoms with Crippen LogP contribution in [0.15, 0.2) is 53.4 Å². The van der Waals surface area contributed by atoms with Gasteiger partial charge in [0.2, 0.25) is 0 Å². The van der Waals surface area contributed by atoms with Crippen LogP contribution in [0.25, 0.3) is 0 Å². The Morgan fingerprint density at radius 3 is 2.07 bits per heavy atom. The van der Waals surface area contributed by atoms with Crippen LogP contribution in [0.3, 0.4) is 0 Å². The van der Waals surface area contributed by atoms with E-state index in [9.17, 15) is 22.4 Å². The molecule has 0 bridgehead atoms. The van der Waals surface area contributed by atoms with Crippen LogP contribution in [0, 0.1) is 18.2 Å². The molecule has 0 N–H and O–H groups in total. The van der Waals surface area contributed by atoms with Gasteiger partial charge < -0.3 is 9.47 Å². The lowest BCUT2D eigenvalue weighted by molar-refractivity contribution is -0.164. The fourth-order valence-corrected chi connectivity index (χ4v) is 6.15. The van der Waals surface area contributed by atoms with Crippen LogP contribution in [0.2, 0.25) is 0 Å². The molecule has 6 nitrogen and oxygen atoms in total. The van der Waals surface area contributed by atoms with Crippen LogP contribution in [-0.2, 0) is 28.9 Å². The number of ether oxygens (including phenoxy) is 2. The summed E-state index contributed by atoms with van der Waals surface area (Å²) in [6, 6.07) is 11.3. The minimum Gasteiger partial charge on any atom is -0.465 e. The van der Waals surface area contributed by atoms with Gasteiger partial charge in [-0.15, -0.1) is 0 Å². The van der Waals surface area contributed by atoms with E-state index in [4.69, 9.17) is 9.47 Å². The molecule has 0 spiro atoms. The Morgan fingerprint density at radius 1 is 1.00 bits per heavy atom. The molecular formula is C22H23FO6S. The molecule has 1 fully saturated rings. The highest BCUT2D eigenvalue weighted by molar-refractivity contribution is 7.92. The lowest BCUT2D eigenvalue weighted by atomic mass is 9.99. The van der Waals surface area contributed by atoms with E-state index in [2.05, 4.69) is 0 Å². The monoisotopic (exact) mass is 434 g/mol. The van der Waals surface area contributed by atoms with Crippen molar-refractivity contribution in [2.75, 3.05) is 13.2 Å². The van der Waals surface area contributed by atoms with Crippen LogP contribution in [-0.4, -0.2) is 38.8 Å². The number of halogens is 1. The van der Waals surface area contributed by atoms with Crippen molar-refractivity contribution >= 4 is 21.8 Å². The largest absolute Gasteiger partial charge is 0.465 e. The Balaban J connectivity index is 2.21. The molecule has 0 radical (unpaired) electrons. The normalized spacial score (nSPS) is 19.7. The quantitative estimate of drug-likeness (QED) is 0.491. The van der Waals surface area contributed by atoms with E-state index < -0.39 is 44.2 Å². The molecule has 2 aromatic carbocycles. The predicted molar refractivity (Wildman–Crippen MR) is 107 cm³/mol. The minimum atomic E-state index is -4.15. The van der Waals surface area contributed by atoms with Crippen LogP contribution < -0.4 is 0 Å². The second-order valence-corrected chi connectivity index (χ2v) is 9.19. The van der Waals surface area contributed by atoms with Crippen LogP contribution in [0.1, 0.15) is 30.9 Å². The summed E-state index contributed by atoms with van der Waals surface area (Å²) in [5.41, 5.74) is -1.02. The first-order valence-electron chi connectivity index (χ1n) is 9.61. The average Bonchev–Trinajstić information content (AvgIpc) is 3.41. The summed E-state index contributed by atoms with van der Waals surface area (Å²) in [7, 11) is -4.15. The summed E-state index contributed by atoms with van der Waals surface area (Å²) < 4.78 is 51.1. The third kappa shape index (κ3) is 3.49. The molecule has 0 unspecified atom stereocenters. The molecule has 1 aliphatic carbocycles. The predicted octanol–water partition coefficient (Wildman–Crippen LogP) is 3.19. The Bertz CT molecular complexity index is 1040. The Morgan fingerprint density at radius 2 is 1.57 bits per heavy atom. The van der Waals surface area contributed by atoms with Gasteiger partial charge in [-0.05, 0) is 50.6 Å². The molecule has 2 aromatic rings. The molecule has 30 heavy (non-hydrogen) atoms. The molecule has 1 saturated carbocycles. The number of hydrogen-bond donors (Lipinski definition) is 0. The molecule has 0 saturated heterocycles. The summed E-state index contributed by atoms with van der Waals surface area (Å²) in [5, 5.41) is -1.47. The third-order valence-corrected chi connectivity index (χ3v) is 7.49. The molecule has 0 heterocycles. The van der Waals surface area contributed by atoms with Gasteiger partial charge >= 0.3 is 11.9 Å². The Labute approximate surface area is 174 Å². The number of aryl methyl sites for hydroxylation is 1. The maximum atomic E-state index is 13.9. The zero-order valence-corrected chi connectivity index (χ0v) is 17.7. The molecular weight excluding hydrogens is 411 g/mol. The highest BCUT2D eigenvalue weighted by atomic mass is 32.2. The fraction of sp³-hybridized carbons (Fsp3) is 0.364. The van der Waals surface area contributed by atoms with Crippen molar-refractivity contribution < 1.29 is 31.9 Å². The van der Waals surface area contributed by atoms with Crippen molar-refractivity contribution in [1.29, 1.82) is 0 Å². The number of carbonyl (C=O) groups is 2. The molecule has 3 rings (SSSR count). The highest BCUT2D eigenvalue weighted by Crippen LogP contribution is 2.65. The number of carbonyl (C=O) groups excluding carboxylic acids is 2. The van der Waals surface area contributed by atoms with E-state index in [1.807, 2.05) is 6.92 Å². The highest BCUT2D eigenvalue weighted by Gasteiger charge is 2.81. The van der Waals surface area contributed by atoms with Crippen molar-refractivity contribution in [1.82, 2.24) is 0 Å². The number of esters is 2. The minimum absolute atomic E-state index is 0.0324. The molecule has 2 atom stereocenters. The lowest BCUT2D eigenvalue weighted by Gasteiger charge is -2.15. The summed E-state index contributed by atoms with van der Waals surface area (Å²) in [4.78, 5) is 25.9. The number of sulfone groups is 1. The van der Waals surface area contributed by atoms with Crippen LogP contribution >= 0.6 is 0 Å². The molecule has 160 valence electrons. The standard InChI is InChI=1S/C22H23FO6S/c1-4-28-20(24)22(21(25)29-5-2)18(15-7-6-8-16(23)13-15)19(22)30(26,27)17-11-9-14(3)10-12-17/h6-13,18-19H,4-5H2,1-3H3/t18-,19+/m0/s1. The average molecular weight is 434 g/mol. The van der Waals surface area contributed by atoms with Gasteiger partial charge in [-0.2, -0.15) is 0 Å². The zero-order chi connectivity index (χ0) is 22.1. The van der Waals surface area contributed by atoms with Gasteiger partial charge in [0, 0.05) is 5.92 Å². The van der Waals surface area contributed by atoms with E-state index in [-0.39, 0.29) is 23.7 Å². The van der Waals surface area contributed by atoms with Crippen molar-refractivity contribution in [2.24, 2.45) is 5.41 Å². The fourth-order valence-electron chi connectivity index (χ4n) is 3.86. The third-order valence-electron chi connectivity index (χ3n) is 5.25. The summed E-state index contributed by atoms with van der Waals surface area (Å²) in [6.45, 7) is 4.82. The smallest absolute Gasteiger partial charge is 0.325 e. The van der Waals surface area contributed by atoms with Crippen molar-refractivity contribution in [2.45, 2.75) is 36.8 Å². The van der Waals surface area contributed by atoms with Gasteiger partial charge in [-0.1, -0.05) is 29.8 Å². The Kier molecular flexibility index (Phi) is 5.99. The first kappa shape index (κ1) is 22.0. The summed E-state index contributed by atoms with van der Waals surface area (Å²) in [6.07, 6.45) is 0. The Hall–Kier alpha value is -2.74. The summed E-state index contributed by atoms with van der Waals surface area (Å²) in [5.74, 6) is -3.71. The molecule has 0 amide bonds. The van der Waals surface area contributed by atoms with E-state index in [1.54, 1.807) is 26.0 Å². The van der Waals surface area contributed by atoms with Gasteiger partial charge in [0.1, 0.15) is 11.1 Å². The van der Waals surface area contributed by atoms with Crippen molar-refractivity contribution in [3.05, 3.63) is 65.5 Å². The van der Waals surface area contributed by atoms with Crippen LogP contribution in [0.5, 0.6) is 0 Å². The van der Waals surface area contributed by atoms with Gasteiger partial charge in [-0.25, -0.2) is 12.8 Å². The van der Waals surface area contributed by atoms with E-state index in [1.165, 1.54) is 30.3 Å². The van der Waals surface area contributed by atoms with Gasteiger partial charge in [0.15, 0.2) is 15.3 Å². The zero-order valence-electron chi connectivity index (χ0n) is 16.9. The summed E-state index contributed by atoms with van der Waals surface area (Å²) >= 11 is 0. The van der Waals surface area contributed by atoms with Gasteiger partial charge in [-0.3, -0.25) is 9.59 Å². The van der Waals surface area contributed by atoms with Crippen LogP contribution in [0.4, 0.5) is 4.39 Å². The van der Waals surface area contributed by atoms with Crippen molar-refractivity contribution in [3.63, 3.8) is 0 Å². The first-order chi connectivity index (χ1) is 14.2. The number of hydrogen-bond acceptors (Lipinski definition) is 6. The maximum absolute atomic E-state index is 13.9. The maximum Gasteiger partial charge on any atom is 0.325 e. The second kappa shape index (κ2) is 8.18.